The third-order valence-corrected chi connectivity index (χ3v) is 9.17. The van der Waals surface area contributed by atoms with Gasteiger partial charge in [-0.3, -0.25) is 4.72 Å². The molecular weight excluding hydrogens is 473 g/mol. The van der Waals surface area contributed by atoms with Crippen molar-refractivity contribution in [3.63, 3.8) is 0 Å². The first-order chi connectivity index (χ1) is 14.5. The average Bonchev–Trinajstić information content (AvgIpc) is 2.75. The Morgan fingerprint density at radius 1 is 0.903 bits per heavy atom. The summed E-state index contributed by atoms with van der Waals surface area (Å²) in [4.78, 5) is -1.32. The molecule has 0 amide bonds. The Hall–Kier alpha value is -2.10. The van der Waals surface area contributed by atoms with Crippen molar-refractivity contribution >= 4 is 35.8 Å². The van der Waals surface area contributed by atoms with Crippen molar-refractivity contribution < 1.29 is 34.4 Å². The molecule has 0 spiro atoms. The van der Waals surface area contributed by atoms with Crippen LogP contribution in [0.2, 0.25) is 0 Å². The lowest BCUT2D eigenvalue weighted by Gasteiger charge is -2.26. The third kappa shape index (κ3) is 5.05. The number of hydrogen-bond donors (Lipinski definition) is 2. The maximum Gasteiger partial charge on any atom is 0.261 e. The minimum Gasteiger partial charge on any atom is -0.379 e. The Morgan fingerprint density at radius 2 is 1.52 bits per heavy atom. The molecule has 1 aliphatic heterocycles. The first kappa shape index (κ1) is 23.6. The molecule has 1 heterocycles. The molecule has 1 fully saturated rings. The molecule has 2 aromatic carbocycles. The first-order valence-corrected chi connectivity index (χ1v) is 13.3. The van der Waals surface area contributed by atoms with Gasteiger partial charge in [-0.2, -0.15) is 4.31 Å². The van der Waals surface area contributed by atoms with Gasteiger partial charge in [-0.1, -0.05) is 6.07 Å². The van der Waals surface area contributed by atoms with E-state index in [4.69, 9.17) is 4.74 Å². The van der Waals surface area contributed by atoms with E-state index < -0.39 is 40.8 Å². The minimum absolute atomic E-state index is 0.0461. The van der Waals surface area contributed by atoms with Crippen LogP contribution in [-0.4, -0.2) is 62.9 Å². The third-order valence-electron chi connectivity index (χ3n) is 4.47. The zero-order valence-corrected chi connectivity index (χ0v) is 18.7. The molecule has 0 atom stereocenters. The van der Waals surface area contributed by atoms with Gasteiger partial charge in [-0.25, -0.2) is 34.4 Å². The molecule has 2 aromatic rings. The van der Waals surface area contributed by atoms with Crippen molar-refractivity contribution in [3.8, 4) is 0 Å². The Labute approximate surface area is 180 Å². The van der Waals surface area contributed by atoms with Crippen LogP contribution in [0.5, 0.6) is 0 Å². The Balaban J connectivity index is 1.95. The Bertz CT molecular complexity index is 1290. The molecule has 0 saturated carbocycles. The number of anilines is 1. The first-order valence-electron chi connectivity index (χ1n) is 8.91. The van der Waals surface area contributed by atoms with Gasteiger partial charge >= 0.3 is 0 Å². The van der Waals surface area contributed by atoms with E-state index in [-0.39, 0.29) is 41.8 Å². The van der Waals surface area contributed by atoms with Gasteiger partial charge in [0.1, 0.15) is 10.7 Å². The van der Waals surface area contributed by atoms with Crippen molar-refractivity contribution in [2.24, 2.45) is 0 Å². The number of nitrogens with one attached hydrogen (secondary N) is 2. The van der Waals surface area contributed by atoms with E-state index in [1.165, 1.54) is 25.2 Å². The van der Waals surface area contributed by atoms with Gasteiger partial charge in [0.05, 0.1) is 28.7 Å². The molecule has 2 N–H and O–H groups in total. The summed E-state index contributed by atoms with van der Waals surface area (Å²) < 4.78 is 99.5. The quantitative estimate of drug-likeness (QED) is 0.574. The fraction of sp³-hybridized carbons (Fsp3) is 0.294. The second kappa shape index (κ2) is 8.80. The smallest absolute Gasteiger partial charge is 0.261 e. The topological polar surface area (TPSA) is 139 Å². The SMILES string of the molecule is CNS(=O)(=O)c1cccc(S(=O)(=O)Nc2ccc(F)c(S(=O)(=O)N3CCOCC3)c2)c1. The lowest BCUT2D eigenvalue weighted by atomic mass is 10.3. The molecule has 0 aliphatic carbocycles. The summed E-state index contributed by atoms with van der Waals surface area (Å²) in [5.74, 6) is -1.03. The number of nitrogens with zero attached hydrogens (tertiary/aromatic N) is 1. The molecular formula is C17H20FN3O7S3. The highest BCUT2D eigenvalue weighted by molar-refractivity contribution is 7.93. The van der Waals surface area contributed by atoms with E-state index >= 15 is 0 Å². The molecule has 0 aromatic heterocycles. The van der Waals surface area contributed by atoms with Gasteiger partial charge in [0.15, 0.2) is 0 Å². The standard InChI is InChI=1S/C17H20FN3O7S3/c1-19-29(22,23)14-3-2-4-15(12-14)30(24,25)20-13-5-6-16(18)17(11-13)31(26,27)21-7-9-28-10-8-21/h2-6,11-12,19-20H,7-10H2,1H3. The van der Waals surface area contributed by atoms with E-state index in [1.807, 2.05) is 0 Å². The molecule has 0 bridgehead atoms. The van der Waals surface area contributed by atoms with Gasteiger partial charge < -0.3 is 4.74 Å². The predicted octanol–water partition coefficient (Wildman–Crippen LogP) is 0.556. The van der Waals surface area contributed by atoms with Crippen LogP contribution in [0.4, 0.5) is 10.1 Å². The minimum atomic E-state index is -4.30. The number of sulfonamides is 3. The summed E-state index contributed by atoms with van der Waals surface area (Å²) in [7, 11) is -11.2. The van der Waals surface area contributed by atoms with Crippen LogP contribution in [0.25, 0.3) is 0 Å². The molecule has 1 aliphatic rings. The molecule has 31 heavy (non-hydrogen) atoms. The summed E-state index contributed by atoms with van der Waals surface area (Å²) in [5.41, 5.74) is -0.199. The molecule has 0 radical (unpaired) electrons. The summed E-state index contributed by atoms with van der Waals surface area (Å²) in [6.45, 7) is 0.424. The highest BCUT2D eigenvalue weighted by Gasteiger charge is 2.30. The zero-order chi connectivity index (χ0) is 22.9. The van der Waals surface area contributed by atoms with Gasteiger partial charge in [0.25, 0.3) is 10.0 Å². The van der Waals surface area contributed by atoms with Crippen LogP contribution in [-0.2, 0) is 34.8 Å². The normalized spacial score (nSPS) is 16.2. The largest absolute Gasteiger partial charge is 0.379 e. The van der Waals surface area contributed by atoms with E-state index in [0.29, 0.717) is 0 Å². The number of morpholine rings is 1. The van der Waals surface area contributed by atoms with Crippen molar-refractivity contribution in [2.75, 3.05) is 38.1 Å². The molecule has 3 rings (SSSR count). The number of rotatable bonds is 7. The Kier molecular flexibility index (Phi) is 6.69. The van der Waals surface area contributed by atoms with E-state index in [2.05, 4.69) is 9.44 Å². The van der Waals surface area contributed by atoms with Crippen LogP contribution in [0.3, 0.4) is 0 Å². The number of ether oxygens (including phenoxy) is 1. The van der Waals surface area contributed by atoms with Crippen molar-refractivity contribution in [1.29, 1.82) is 0 Å². The average molecular weight is 494 g/mol. The highest BCUT2D eigenvalue weighted by Crippen LogP contribution is 2.26. The number of halogens is 1. The van der Waals surface area contributed by atoms with Gasteiger partial charge in [-0.05, 0) is 43.4 Å². The molecule has 14 heteroatoms. The lowest BCUT2D eigenvalue weighted by Crippen LogP contribution is -2.40. The van der Waals surface area contributed by atoms with Crippen LogP contribution >= 0.6 is 0 Å². The van der Waals surface area contributed by atoms with Gasteiger partial charge in [0.2, 0.25) is 20.0 Å². The second-order valence-corrected chi connectivity index (χ2v) is 11.9. The molecule has 10 nitrogen and oxygen atoms in total. The van der Waals surface area contributed by atoms with E-state index in [1.54, 1.807) is 0 Å². The monoisotopic (exact) mass is 493 g/mol. The maximum absolute atomic E-state index is 14.3. The van der Waals surface area contributed by atoms with Crippen LogP contribution in [0.1, 0.15) is 0 Å². The molecule has 1 saturated heterocycles. The predicted molar refractivity (Wildman–Crippen MR) is 109 cm³/mol. The second-order valence-electron chi connectivity index (χ2n) is 6.45. The summed E-state index contributed by atoms with van der Waals surface area (Å²) in [5, 5.41) is 0. The summed E-state index contributed by atoms with van der Waals surface area (Å²) >= 11 is 0. The summed E-state index contributed by atoms with van der Waals surface area (Å²) in [6.07, 6.45) is 0. The van der Waals surface area contributed by atoms with Crippen LogP contribution in [0, 0.1) is 5.82 Å². The zero-order valence-electron chi connectivity index (χ0n) is 16.3. The van der Waals surface area contributed by atoms with E-state index in [9.17, 15) is 29.6 Å². The van der Waals surface area contributed by atoms with Gasteiger partial charge in [0, 0.05) is 13.1 Å². The highest BCUT2D eigenvalue weighted by atomic mass is 32.2. The molecule has 0 unspecified atom stereocenters. The van der Waals surface area contributed by atoms with E-state index in [0.717, 1.165) is 28.6 Å². The number of benzene rings is 2. The van der Waals surface area contributed by atoms with Gasteiger partial charge in [-0.15, -0.1) is 0 Å². The van der Waals surface area contributed by atoms with Crippen molar-refractivity contribution in [3.05, 3.63) is 48.3 Å². The number of hydrogen-bond acceptors (Lipinski definition) is 7. The summed E-state index contributed by atoms with van der Waals surface area (Å²) in [6, 6.07) is 7.38. The van der Waals surface area contributed by atoms with Crippen molar-refractivity contribution in [2.45, 2.75) is 14.7 Å². The Morgan fingerprint density at radius 3 is 2.13 bits per heavy atom. The van der Waals surface area contributed by atoms with Crippen LogP contribution in [0.15, 0.2) is 57.2 Å². The maximum atomic E-state index is 14.3. The lowest BCUT2D eigenvalue weighted by molar-refractivity contribution is 0.0729. The van der Waals surface area contributed by atoms with Crippen molar-refractivity contribution in [1.82, 2.24) is 9.03 Å². The molecule has 170 valence electrons. The fourth-order valence-electron chi connectivity index (χ4n) is 2.83. The fourth-order valence-corrected chi connectivity index (χ4v) is 6.27. The van der Waals surface area contributed by atoms with Crippen LogP contribution < -0.4 is 9.44 Å².